The van der Waals surface area contributed by atoms with Gasteiger partial charge in [-0.15, -0.1) is 0 Å². The summed E-state index contributed by atoms with van der Waals surface area (Å²) >= 11 is 0. The number of aliphatic hydroxyl groups is 1. The van der Waals surface area contributed by atoms with Crippen LogP contribution < -0.4 is 0 Å². The summed E-state index contributed by atoms with van der Waals surface area (Å²) in [5.41, 5.74) is 0. The highest BCUT2D eigenvalue weighted by atomic mass is 16.3. The summed E-state index contributed by atoms with van der Waals surface area (Å²) in [6.07, 6.45) is 15.3. The normalized spacial score (nSPS) is 23.4. The second-order valence-electron chi connectivity index (χ2n) is 6.58. The maximum atomic E-state index is 10.3. The van der Waals surface area contributed by atoms with Crippen molar-refractivity contribution >= 4 is 0 Å². The zero-order valence-corrected chi connectivity index (χ0v) is 13.9. The van der Waals surface area contributed by atoms with Crippen LogP contribution >= 0.6 is 0 Å². The van der Waals surface area contributed by atoms with Crippen LogP contribution in [0.15, 0.2) is 0 Å². The van der Waals surface area contributed by atoms with E-state index in [0.29, 0.717) is 6.04 Å². The smallest absolute Gasteiger partial charge is 0.0695 e. The molecular formula is C18H37NO. The van der Waals surface area contributed by atoms with E-state index < -0.39 is 0 Å². The van der Waals surface area contributed by atoms with Gasteiger partial charge < -0.3 is 5.11 Å². The van der Waals surface area contributed by atoms with Gasteiger partial charge in [0.1, 0.15) is 0 Å². The van der Waals surface area contributed by atoms with Crippen molar-refractivity contribution in [3.63, 3.8) is 0 Å². The van der Waals surface area contributed by atoms with Crippen LogP contribution in [-0.4, -0.2) is 35.2 Å². The van der Waals surface area contributed by atoms with Gasteiger partial charge in [0.25, 0.3) is 0 Å². The van der Waals surface area contributed by atoms with Crippen molar-refractivity contribution < 1.29 is 5.11 Å². The Bertz CT molecular complexity index is 207. The van der Waals surface area contributed by atoms with Gasteiger partial charge in [-0.1, -0.05) is 65.2 Å². The lowest BCUT2D eigenvalue weighted by Crippen LogP contribution is -2.46. The Labute approximate surface area is 126 Å². The zero-order valence-electron chi connectivity index (χ0n) is 13.9. The van der Waals surface area contributed by atoms with Crippen LogP contribution in [0.3, 0.4) is 0 Å². The van der Waals surface area contributed by atoms with Gasteiger partial charge in [0, 0.05) is 6.04 Å². The van der Waals surface area contributed by atoms with Crippen molar-refractivity contribution in [2.24, 2.45) is 0 Å². The number of hydrogen-bond donors (Lipinski definition) is 1. The van der Waals surface area contributed by atoms with Gasteiger partial charge in [0.15, 0.2) is 0 Å². The average molecular weight is 283 g/mol. The third-order valence-electron chi connectivity index (χ3n) is 4.76. The Morgan fingerprint density at radius 2 is 1.35 bits per heavy atom. The van der Waals surface area contributed by atoms with Crippen LogP contribution in [0.1, 0.15) is 90.9 Å². The van der Waals surface area contributed by atoms with E-state index >= 15 is 0 Å². The standard InChI is InChI=1S/C18H37NO/c1-3-5-7-11-15-19(16-12-8-6-4-2)17-13-9-10-14-18(17)20/h17-18,20H,3-16H2,1-2H3. The van der Waals surface area contributed by atoms with Gasteiger partial charge in [-0.25, -0.2) is 0 Å². The second kappa shape index (κ2) is 11.6. The number of hydrogen-bond acceptors (Lipinski definition) is 2. The molecule has 1 N–H and O–H groups in total. The first kappa shape index (κ1) is 18.0. The predicted octanol–water partition coefficient (Wildman–Crippen LogP) is 4.75. The highest BCUT2D eigenvalue weighted by molar-refractivity contribution is 4.83. The lowest BCUT2D eigenvalue weighted by molar-refractivity contribution is 0.0180. The fourth-order valence-corrected chi connectivity index (χ4v) is 3.44. The summed E-state index contributed by atoms with van der Waals surface area (Å²) in [5.74, 6) is 0. The minimum Gasteiger partial charge on any atom is -0.391 e. The summed E-state index contributed by atoms with van der Waals surface area (Å²) in [6, 6.07) is 0.451. The van der Waals surface area contributed by atoms with Gasteiger partial charge in [0.2, 0.25) is 0 Å². The number of rotatable bonds is 11. The van der Waals surface area contributed by atoms with Crippen LogP contribution in [-0.2, 0) is 0 Å². The molecule has 0 aromatic heterocycles. The number of aliphatic hydroxyl groups excluding tert-OH is 1. The van der Waals surface area contributed by atoms with E-state index in [1.54, 1.807) is 0 Å². The highest BCUT2D eigenvalue weighted by Gasteiger charge is 2.27. The van der Waals surface area contributed by atoms with Crippen molar-refractivity contribution in [3.05, 3.63) is 0 Å². The minimum absolute atomic E-state index is 0.0684. The van der Waals surface area contributed by atoms with Crippen molar-refractivity contribution in [2.75, 3.05) is 13.1 Å². The van der Waals surface area contributed by atoms with E-state index in [1.807, 2.05) is 0 Å². The molecule has 0 aromatic carbocycles. The largest absolute Gasteiger partial charge is 0.391 e. The molecular weight excluding hydrogens is 246 g/mol. The van der Waals surface area contributed by atoms with Crippen LogP contribution in [0.25, 0.3) is 0 Å². The highest BCUT2D eigenvalue weighted by Crippen LogP contribution is 2.24. The zero-order chi connectivity index (χ0) is 14.6. The van der Waals surface area contributed by atoms with Crippen molar-refractivity contribution in [1.29, 1.82) is 0 Å². The molecule has 1 saturated carbocycles. The fraction of sp³-hybridized carbons (Fsp3) is 1.00. The van der Waals surface area contributed by atoms with Gasteiger partial charge >= 0.3 is 0 Å². The Morgan fingerprint density at radius 3 is 1.85 bits per heavy atom. The van der Waals surface area contributed by atoms with Gasteiger partial charge in [-0.05, 0) is 38.8 Å². The Kier molecular flexibility index (Phi) is 10.4. The Hall–Kier alpha value is -0.0800. The molecule has 2 unspecified atom stereocenters. The molecule has 0 amide bonds. The van der Waals surface area contributed by atoms with E-state index in [4.69, 9.17) is 0 Å². The summed E-state index contributed by atoms with van der Waals surface area (Å²) in [4.78, 5) is 2.62. The van der Waals surface area contributed by atoms with Crippen LogP contribution in [0.5, 0.6) is 0 Å². The first-order valence-electron chi connectivity index (χ1n) is 9.21. The molecule has 0 aliphatic heterocycles. The van der Waals surface area contributed by atoms with Crippen LogP contribution in [0.4, 0.5) is 0 Å². The number of unbranched alkanes of at least 4 members (excludes halogenated alkanes) is 6. The van der Waals surface area contributed by atoms with Gasteiger partial charge in [-0.2, -0.15) is 0 Å². The molecule has 0 bridgehead atoms. The van der Waals surface area contributed by atoms with E-state index in [-0.39, 0.29) is 6.10 Å². The van der Waals surface area contributed by atoms with Gasteiger partial charge in [0.05, 0.1) is 6.10 Å². The topological polar surface area (TPSA) is 23.5 Å². The molecule has 120 valence electrons. The van der Waals surface area contributed by atoms with E-state index in [1.165, 1.54) is 83.7 Å². The number of nitrogens with zero attached hydrogens (tertiary/aromatic N) is 1. The minimum atomic E-state index is -0.0684. The molecule has 0 radical (unpaired) electrons. The predicted molar refractivity (Wildman–Crippen MR) is 88.1 cm³/mol. The van der Waals surface area contributed by atoms with Gasteiger partial charge in [-0.3, -0.25) is 4.90 Å². The molecule has 0 heterocycles. The quantitative estimate of drug-likeness (QED) is 0.553. The molecule has 20 heavy (non-hydrogen) atoms. The van der Waals surface area contributed by atoms with Crippen molar-refractivity contribution in [2.45, 2.75) is 103 Å². The molecule has 1 rings (SSSR count). The summed E-state index contributed by atoms with van der Waals surface area (Å²) in [6.45, 7) is 6.95. The average Bonchev–Trinajstić information content (AvgIpc) is 2.46. The van der Waals surface area contributed by atoms with E-state index in [0.717, 1.165) is 6.42 Å². The first-order chi connectivity index (χ1) is 9.79. The van der Waals surface area contributed by atoms with Crippen LogP contribution in [0.2, 0.25) is 0 Å². The molecule has 0 aromatic rings. The maximum Gasteiger partial charge on any atom is 0.0695 e. The maximum absolute atomic E-state index is 10.3. The SMILES string of the molecule is CCCCCCN(CCCCCC)C1CCCCC1O. The summed E-state index contributed by atoms with van der Waals surface area (Å²) < 4.78 is 0. The van der Waals surface area contributed by atoms with Crippen molar-refractivity contribution in [1.82, 2.24) is 4.90 Å². The molecule has 2 nitrogen and oxygen atoms in total. The molecule has 1 aliphatic carbocycles. The Morgan fingerprint density at radius 1 is 0.800 bits per heavy atom. The third kappa shape index (κ3) is 7.08. The monoisotopic (exact) mass is 283 g/mol. The Balaban J connectivity index is 2.35. The molecule has 1 aliphatic rings. The fourth-order valence-electron chi connectivity index (χ4n) is 3.44. The summed E-state index contributed by atoms with van der Waals surface area (Å²) in [7, 11) is 0. The van der Waals surface area contributed by atoms with Crippen molar-refractivity contribution in [3.8, 4) is 0 Å². The summed E-state index contributed by atoms with van der Waals surface area (Å²) in [5, 5.41) is 10.3. The molecule has 2 atom stereocenters. The molecule has 0 spiro atoms. The molecule has 1 fully saturated rings. The molecule has 2 heteroatoms. The third-order valence-corrected chi connectivity index (χ3v) is 4.76. The lowest BCUT2D eigenvalue weighted by Gasteiger charge is -2.38. The van der Waals surface area contributed by atoms with E-state index in [9.17, 15) is 5.11 Å². The molecule has 0 saturated heterocycles. The second-order valence-corrected chi connectivity index (χ2v) is 6.58. The first-order valence-corrected chi connectivity index (χ1v) is 9.21. The van der Waals surface area contributed by atoms with Crippen LogP contribution in [0, 0.1) is 0 Å². The lowest BCUT2D eigenvalue weighted by atomic mass is 9.91. The van der Waals surface area contributed by atoms with E-state index in [2.05, 4.69) is 18.7 Å².